The van der Waals surface area contributed by atoms with Crippen LogP contribution >= 0.6 is 11.8 Å². The highest BCUT2D eigenvalue weighted by molar-refractivity contribution is 7.99. The third kappa shape index (κ3) is 8.64. The van der Waals surface area contributed by atoms with Crippen molar-refractivity contribution < 1.29 is 9.53 Å². The summed E-state index contributed by atoms with van der Waals surface area (Å²) in [7, 11) is 3.49. The fourth-order valence-electron chi connectivity index (χ4n) is 2.90. The highest BCUT2D eigenvalue weighted by atomic mass is 32.2. The average Bonchev–Trinajstić information content (AvgIpc) is 2.73. The Morgan fingerprint density at radius 3 is 2.55 bits per heavy atom. The summed E-state index contributed by atoms with van der Waals surface area (Å²) in [5.41, 5.74) is -0.0312. The number of carbonyl (C=O) groups excluding carboxylic acids is 1. The Bertz CT molecular complexity index is 646. The number of ether oxygens (including phenoxy) is 1. The van der Waals surface area contributed by atoms with Crippen LogP contribution in [0.15, 0.2) is 40.2 Å². The number of nitrogens with one attached hydrogen (secondary N) is 2. The highest BCUT2D eigenvalue weighted by Crippen LogP contribution is 2.16. The normalized spacial score (nSPS) is 15.8. The number of rotatable bonds is 9. The first kappa shape index (κ1) is 23.5. The molecule has 2 rings (SSSR count). The Morgan fingerprint density at radius 1 is 1.21 bits per heavy atom. The Morgan fingerprint density at radius 2 is 1.90 bits per heavy atom. The molecule has 1 fully saturated rings. The molecule has 2 N–H and O–H groups in total. The molecular weight excluding hydrogens is 386 g/mol. The Hall–Kier alpha value is -1.77. The predicted octanol–water partition coefficient (Wildman–Crippen LogP) is 1.51. The van der Waals surface area contributed by atoms with Crippen molar-refractivity contribution in [3.8, 4) is 0 Å². The van der Waals surface area contributed by atoms with Crippen molar-refractivity contribution in [3.63, 3.8) is 0 Å². The summed E-state index contributed by atoms with van der Waals surface area (Å²) in [4.78, 5) is 21.7. The van der Waals surface area contributed by atoms with Crippen LogP contribution in [0.2, 0.25) is 0 Å². The van der Waals surface area contributed by atoms with Crippen LogP contribution in [-0.2, 0) is 9.53 Å². The van der Waals surface area contributed by atoms with Gasteiger partial charge >= 0.3 is 0 Å². The van der Waals surface area contributed by atoms with Gasteiger partial charge in [-0.15, -0.1) is 11.8 Å². The van der Waals surface area contributed by atoms with Gasteiger partial charge in [0.15, 0.2) is 5.96 Å². The molecule has 1 amide bonds. The van der Waals surface area contributed by atoms with Crippen LogP contribution in [0.1, 0.15) is 13.8 Å². The van der Waals surface area contributed by atoms with Gasteiger partial charge in [-0.3, -0.25) is 9.69 Å². The number of guanidine groups is 1. The number of aliphatic imine (C=N–C) groups is 1. The first-order valence-corrected chi connectivity index (χ1v) is 11.1. The third-order valence-electron chi connectivity index (χ3n) is 4.83. The minimum Gasteiger partial charge on any atom is -0.379 e. The van der Waals surface area contributed by atoms with E-state index in [0.29, 0.717) is 5.96 Å². The maximum absolute atomic E-state index is 11.9. The van der Waals surface area contributed by atoms with Crippen molar-refractivity contribution in [1.82, 2.24) is 20.4 Å². The molecule has 0 aromatic heterocycles. The van der Waals surface area contributed by atoms with E-state index < -0.39 is 0 Å². The summed E-state index contributed by atoms with van der Waals surface area (Å²) >= 11 is 1.80. The van der Waals surface area contributed by atoms with Crippen molar-refractivity contribution in [2.75, 3.05) is 65.8 Å². The molecule has 29 heavy (non-hydrogen) atoms. The highest BCUT2D eigenvalue weighted by Gasteiger charge is 2.28. The number of nitrogens with zero attached hydrogens (tertiary/aromatic N) is 3. The second kappa shape index (κ2) is 12.0. The molecule has 1 aromatic carbocycles. The van der Waals surface area contributed by atoms with Crippen LogP contribution in [0.25, 0.3) is 0 Å². The van der Waals surface area contributed by atoms with E-state index >= 15 is 0 Å². The van der Waals surface area contributed by atoms with Gasteiger partial charge in [-0.2, -0.15) is 0 Å². The van der Waals surface area contributed by atoms with E-state index in [1.807, 2.05) is 18.2 Å². The lowest BCUT2D eigenvalue weighted by molar-refractivity contribution is -0.127. The zero-order chi connectivity index (χ0) is 21.1. The second-order valence-electron chi connectivity index (χ2n) is 7.81. The van der Waals surface area contributed by atoms with Gasteiger partial charge in [0, 0.05) is 56.5 Å². The molecule has 1 aromatic rings. The predicted molar refractivity (Wildman–Crippen MR) is 121 cm³/mol. The average molecular weight is 422 g/mol. The molecule has 1 aliphatic heterocycles. The Balaban J connectivity index is 1.87. The summed E-state index contributed by atoms with van der Waals surface area (Å²) in [5, 5.41) is 6.79. The summed E-state index contributed by atoms with van der Waals surface area (Å²) < 4.78 is 5.47. The standard InChI is InChI=1S/C21H35N5O2S/c1-21(2,26-11-13-28-14-12-26)17-24-20(23-16-19(27)25(3)4)22-10-15-29-18-8-6-5-7-9-18/h5-9H,10-17H2,1-4H3,(H2,22,23,24). The van der Waals surface area contributed by atoms with Crippen molar-refractivity contribution in [2.45, 2.75) is 24.3 Å². The van der Waals surface area contributed by atoms with Gasteiger partial charge in [-0.05, 0) is 26.0 Å². The minimum atomic E-state index is -0.0312. The molecule has 0 spiro atoms. The quantitative estimate of drug-likeness (QED) is 0.273. The number of thioether (sulfide) groups is 1. The Kier molecular flexibility index (Phi) is 9.76. The van der Waals surface area contributed by atoms with Crippen LogP contribution < -0.4 is 10.6 Å². The van der Waals surface area contributed by atoms with Gasteiger partial charge in [0.2, 0.25) is 5.91 Å². The van der Waals surface area contributed by atoms with Crippen LogP contribution in [-0.4, -0.2) is 93.0 Å². The van der Waals surface area contributed by atoms with E-state index in [9.17, 15) is 4.79 Å². The summed E-state index contributed by atoms with van der Waals surface area (Å²) in [6.45, 7) is 9.49. The number of hydrogen-bond donors (Lipinski definition) is 2. The first-order valence-electron chi connectivity index (χ1n) is 10.1. The zero-order valence-electron chi connectivity index (χ0n) is 18.1. The number of hydrogen-bond acceptors (Lipinski definition) is 5. The van der Waals surface area contributed by atoms with E-state index in [1.54, 1.807) is 30.8 Å². The largest absolute Gasteiger partial charge is 0.379 e. The number of morpholine rings is 1. The van der Waals surface area contributed by atoms with Gasteiger partial charge < -0.3 is 20.3 Å². The Labute approximate surface area is 179 Å². The number of benzene rings is 1. The molecule has 0 radical (unpaired) electrons. The monoisotopic (exact) mass is 421 g/mol. The van der Waals surface area contributed by atoms with E-state index in [-0.39, 0.29) is 18.0 Å². The molecule has 0 unspecified atom stereocenters. The second-order valence-corrected chi connectivity index (χ2v) is 8.98. The maximum Gasteiger partial charge on any atom is 0.243 e. The van der Waals surface area contributed by atoms with Gasteiger partial charge in [-0.1, -0.05) is 18.2 Å². The van der Waals surface area contributed by atoms with Crippen LogP contribution in [0, 0.1) is 0 Å². The lowest BCUT2D eigenvalue weighted by atomic mass is 10.0. The minimum absolute atomic E-state index is 0.0165. The number of likely N-dealkylation sites (N-methyl/N-ethyl adjacent to an activating group) is 1. The zero-order valence-corrected chi connectivity index (χ0v) is 18.9. The molecule has 1 aliphatic rings. The number of amides is 1. The van der Waals surface area contributed by atoms with Crippen molar-refractivity contribution in [3.05, 3.63) is 30.3 Å². The van der Waals surface area contributed by atoms with Crippen LogP contribution in [0.5, 0.6) is 0 Å². The van der Waals surface area contributed by atoms with E-state index in [0.717, 1.165) is 45.1 Å². The van der Waals surface area contributed by atoms with E-state index in [2.05, 4.69) is 46.5 Å². The van der Waals surface area contributed by atoms with E-state index in [4.69, 9.17) is 4.74 Å². The fourth-order valence-corrected chi connectivity index (χ4v) is 3.69. The summed E-state index contributed by atoms with van der Waals surface area (Å²) in [5.74, 6) is 1.58. The molecule has 1 heterocycles. The molecule has 8 heteroatoms. The third-order valence-corrected chi connectivity index (χ3v) is 5.85. The lowest BCUT2D eigenvalue weighted by Crippen LogP contribution is -2.56. The van der Waals surface area contributed by atoms with Crippen LogP contribution in [0.4, 0.5) is 0 Å². The molecule has 7 nitrogen and oxygen atoms in total. The molecule has 162 valence electrons. The molecule has 0 atom stereocenters. The van der Waals surface area contributed by atoms with Crippen molar-refractivity contribution in [1.29, 1.82) is 0 Å². The smallest absolute Gasteiger partial charge is 0.243 e. The van der Waals surface area contributed by atoms with Crippen LogP contribution in [0.3, 0.4) is 0 Å². The lowest BCUT2D eigenvalue weighted by Gasteiger charge is -2.41. The van der Waals surface area contributed by atoms with Gasteiger partial charge in [0.25, 0.3) is 0 Å². The summed E-state index contributed by atoms with van der Waals surface area (Å²) in [6, 6.07) is 10.3. The molecule has 0 aliphatic carbocycles. The number of carbonyl (C=O) groups is 1. The summed E-state index contributed by atoms with van der Waals surface area (Å²) in [6.07, 6.45) is 0. The van der Waals surface area contributed by atoms with Crippen molar-refractivity contribution >= 4 is 23.6 Å². The van der Waals surface area contributed by atoms with Gasteiger partial charge in [0.05, 0.1) is 13.2 Å². The molecule has 0 saturated carbocycles. The first-order chi connectivity index (χ1) is 13.9. The topological polar surface area (TPSA) is 69.2 Å². The van der Waals surface area contributed by atoms with Crippen molar-refractivity contribution in [2.24, 2.45) is 4.99 Å². The maximum atomic E-state index is 11.9. The van der Waals surface area contributed by atoms with Gasteiger partial charge in [0.1, 0.15) is 6.54 Å². The molecular formula is C21H35N5O2S. The SMILES string of the molecule is CN(C)C(=O)CN=C(NCCSc1ccccc1)NCC(C)(C)N1CCOCC1. The molecule has 0 bridgehead atoms. The van der Waals surface area contributed by atoms with E-state index in [1.165, 1.54) is 4.90 Å². The fraction of sp³-hybridized carbons (Fsp3) is 0.619. The molecule has 1 saturated heterocycles. The van der Waals surface area contributed by atoms with Gasteiger partial charge in [-0.25, -0.2) is 4.99 Å².